The van der Waals surface area contributed by atoms with E-state index < -0.39 is 0 Å². The summed E-state index contributed by atoms with van der Waals surface area (Å²) in [5.74, 6) is -0.237. The van der Waals surface area contributed by atoms with Crippen molar-refractivity contribution in [2.75, 3.05) is 60.9 Å². The van der Waals surface area contributed by atoms with E-state index in [2.05, 4.69) is 56.6 Å². The molecule has 5 rings (SSSR count). The first-order valence-electron chi connectivity index (χ1n) is 13.9. The minimum atomic E-state index is -0.229. The second-order valence-corrected chi connectivity index (χ2v) is 11.2. The number of para-hydroxylation sites is 1. The maximum atomic E-state index is 13.1. The quantitative estimate of drug-likeness (QED) is 0.383. The molecule has 0 spiro atoms. The van der Waals surface area contributed by atoms with Gasteiger partial charge < -0.3 is 25.3 Å². The molecule has 10 heteroatoms. The number of nitrogens with zero attached hydrogens (tertiary/aromatic N) is 4. The molecule has 0 saturated carbocycles. The SMILES string of the molecule is Cc1ccccc1N1CCN(c2ccc(C(=O)NCCCN3CCCC3=O)cc2NC(=O)c2scnc2C)CC1. The highest BCUT2D eigenvalue weighted by atomic mass is 32.1. The van der Waals surface area contributed by atoms with Gasteiger partial charge >= 0.3 is 0 Å². The van der Waals surface area contributed by atoms with Crippen LogP contribution in [0.15, 0.2) is 48.0 Å². The molecule has 2 aromatic carbocycles. The van der Waals surface area contributed by atoms with Crippen molar-refractivity contribution >= 4 is 46.1 Å². The minimum absolute atomic E-state index is 0.193. The lowest BCUT2D eigenvalue weighted by molar-refractivity contribution is -0.127. The van der Waals surface area contributed by atoms with Crippen LogP contribution in [-0.2, 0) is 4.79 Å². The molecule has 3 aromatic rings. The summed E-state index contributed by atoms with van der Waals surface area (Å²) in [6, 6.07) is 13.9. The Hall–Kier alpha value is -3.92. The lowest BCUT2D eigenvalue weighted by Gasteiger charge is -2.38. The summed E-state index contributed by atoms with van der Waals surface area (Å²) < 4.78 is 0. The summed E-state index contributed by atoms with van der Waals surface area (Å²) in [4.78, 5) is 49.3. The maximum Gasteiger partial charge on any atom is 0.267 e. The van der Waals surface area contributed by atoms with Crippen molar-refractivity contribution in [3.05, 3.63) is 69.7 Å². The molecular formula is C30H36N6O3S. The number of thiazole rings is 1. The first-order valence-corrected chi connectivity index (χ1v) is 14.8. The molecule has 3 heterocycles. The van der Waals surface area contributed by atoms with Gasteiger partial charge in [0.1, 0.15) is 4.88 Å². The van der Waals surface area contributed by atoms with Gasteiger partial charge in [-0.3, -0.25) is 14.4 Å². The van der Waals surface area contributed by atoms with Gasteiger partial charge in [-0.15, -0.1) is 11.3 Å². The van der Waals surface area contributed by atoms with Crippen LogP contribution < -0.4 is 20.4 Å². The number of aromatic nitrogens is 1. The molecule has 1 aromatic heterocycles. The van der Waals surface area contributed by atoms with Crippen LogP contribution >= 0.6 is 11.3 Å². The molecule has 0 aliphatic carbocycles. The second kappa shape index (κ2) is 12.5. The Morgan fingerprint density at radius 3 is 2.38 bits per heavy atom. The van der Waals surface area contributed by atoms with Crippen LogP contribution in [0.3, 0.4) is 0 Å². The van der Waals surface area contributed by atoms with E-state index >= 15 is 0 Å². The molecule has 2 aliphatic heterocycles. The smallest absolute Gasteiger partial charge is 0.267 e. The van der Waals surface area contributed by atoms with Crippen LogP contribution in [0.5, 0.6) is 0 Å². The Morgan fingerprint density at radius 1 is 0.950 bits per heavy atom. The van der Waals surface area contributed by atoms with E-state index in [1.54, 1.807) is 11.6 Å². The summed E-state index contributed by atoms with van der Waals surface area (Å²) in [5, 5.41) is 6.02. The molecule has 0 radical (unpaired) electrons. The number of carbonyl (C=O) groups excluding carboxylic acids is 3. The molecule has 3 amide bonds. The number of rotatable bonds is 9. The van der Waals surface area contributed by atoms with E-state index in [4.69, 9.17) is 0 Å². The van der Waals surface area contributed by atoms with E-state index in [0.29, 0.717) is 47.8 Å². The van der Waals surface area contributed by atoms with Crippen LogP contribution in [0.1, 0.15) is 50.5 Å². The molecule has 2 fully saturated rings. The van der Waals surface area contributed by atoms with E-state index in [0.717, 1.165) is 44.8 Å². The predicted octanol–water partition coefficient (Wildman–Crippen LogP) is 4.08. The Bertz CT molecular complexity index is 1380. The minimum Gasteiger partial charge on any atom is -0.368 e. The molecular weight excluding hydrogens is 524 g/mol. The van der Waals surface area contributed by atoms with Gasteiger partial charge in [0.05, 0.1) is 22.6 Å². The Kier molecular flexibility index (Phi) is 8.64. The van der Waals surface area contributed by atoms with E-state index in [1.807, 2.05) is 24.0 Å². The van der Waals surface area contributed by atoms with Crippen LogP contribution in [0.2, 0.25) is 0 Å². The average Bonchev–Trinajstić information content (AvgIpc) is 3.58. The topological polar surface area (TPSA) is 97.9 Å². The van der Waals surface area contributed by atoms with Gasteiger partial charge in [0, 0.05) is 63.5 Å². The number of amides is 3. The van der Waals surface area contributed by atoms with Crippen molar-refractivity contribution in [2.24, 2.45) is 0 Å². The average molecular weight is 561 g/mol. The third kappa shape index (κ3) is 6.28. The van der Waals surface area contributed by atoms with Gasteiger partial charge in [0.15, 0.2) is 0 Å². The van der Waals surface area contributed by atoms with Crippen molar-refractivity contribution in [1.82, 2.24) is 15.2 Å². The monoisotopic (exact) mass is 560 g/mol. The Balaban J connectivity index is 1.29. The molecule has 0 unspecified atom stereocenters. The van der Waals surface area contributed by atoms with Crippen molar-refractivity contribution in [3.8, 4) is 0 Å². The summed E-state index contributed by atoms with van der Waals surface area (Å²) in [7, 11) is 0. The van der Waals surface area contributed by atoms with E-state index in [1.165, 1.54) is 22.6 Å². The summed E-state index contributed by atoms with van der Waals surface area (Å²) >= 11 is 1.30. The lowest BCUT2D eigenvalue weighted by atomic mass is 10.1. The predicted molar refractivity (Wildman–Crippen MR) is 160 cm³/mol. The van der Waals surface area contributed by atoms with Crippen molar-refractivity contribution < 1.29 is 14.4 Å². The zero-order chi connectivity index (χ0) is 28.1. The Morgan fingerprint density at radius 2 is 1.70 bits per heavy atom. The van der Waals surface area contributed by atoms with Gasteiger partial charge in [0.25, 0.3) is 11.8 Å². The molecule has 40 heavy (non-hydrogen) atoms. The molecule has 2 N–H and O–H groups in total. The van der Waals surface area contributed by atoms with Crippen LogP contribution in [0, 0.1) is 13.8 Å². The van der Waals surface area contributed by atoms with Gasteiger partial charge in [0.2, 0.25) is 5.91 Å². The zero-order valence-corrected chi connectivity index (χ0v) is 23.9. The van der Waals surface area contributed by atoms with Crippen molar-refractivity contribution in [3.63, 3.8) is 0 Å². The fourth-order valence-electron chi connectivity index (χ4n) is 5.37. The van der Waals surface area contributed by atoms with Gasteiger partial charge in [-0.2, -0.15) is 0 Å². The molecule has 2 saturated heterocycles. The number of likely N-dealkylation sites (tertiary alicyclic amines) is 1. The van der Waals surface area contributed by atoms with Gasteiger partial charge in [-0.25, -0.2) is 4.98 Å². The third-order valence-corrected chi connectivity index (χ3v) is 8.52. The van der Waals surface area contributed by atoms with Crippen LogP contribution in [0.25, 0.3) is 0 Å². The molecule has 9 nitrogen and oxygen atoms in total. The maximum absolute atomic E-state index is 13.1. The first kappa shape index (κ1) is 27.6. The molecule has 0 atom stereocenters. The number of nitrogens with one attached hydrogen (secondary N) is 2. The number of aryl methyl sites for hydroxylation is 2. The van der Waals surface area contributed by atoms with E-state index in [9.17, 15) is 14.4 Å². The number of hydrogen-bond acceptors (Lipinski definition) is 7. The lowest BCUT2D eigenvalue weighted by Crippen LogP contribution is -2.47. The number of anilines is 3. The zero-order valence-electron chi connectivity index (χ0n) is 23.1. The summed E-state index contributed by atoms with van der Waals surface area (Å²) in [6.07, 6.45) is 2.23. The number of hydrogen-bond donors (Lipinski definition) is 2. The van der Waals surface area contributed by atoms with Crippen LogP contribution in [0.4, 0.5) is 17.1 Å². The van der Waals surface area contributed by atoms with Crippen molar-refractivity contribution in [2.45, 2.75) is 33.1 Å². The second-order valence-electron chi connectivity index (χ2n) is 10.3. The fourth-order valence-corrected chi connectivity index (χ4v) is 6.07. The number of piperazine rings is 1. The highest BCUT2D eigenvalue weighted by Gasteiger charge is 2.23. The molecule has 0 bridgehead atoms. The fraction of sp³-hybridized carbons (Fsp3) is 0.400. The van der Waals surface area contributed by atoms with E-state index in [-0.39, 0.29) is 17.7 Å². The Labute approximate surface area is 239 Å². The van der Waals surface area contributed by atoms with Gasteiger partial charge in [-0.05, 0) is 56.5 Å². The van der Waals surface area contributed by atoms with Crippen LogP contribution in [-0.4, -0.2) is 73.4 Å². The third-order valence-electron chi connectivity index (χ3n) is 7.60. The van der Waals surface area contributed by atoms with Gasteiger partial charge in [-0.1, -0.05) is 18.2 Å². The molecule has 210 valence electrons. The standard InChI is InChI=1S/C30H36N6O3S/c1-21-7-3-4-8-25(21)34-15-17-35(18-16-34)26-11-10-23(19-24(26)33-30(39)28-22(2)32-20-40-28)29(38)31-12-6-14-36-13-5-9-27(36)37/h3-4,7-8,10-11,19-20H,5-6,9,12-18H2,1-2H3,(H,31,38)(H,33,39). The molecule has 2 aliphatic rings. The summed E-state index contributed by atoms with van der Waals surface area (Å²) in [6.45, 7) is 9.17. The number of carbonyl (C=O) groups is 3. The normalized spacial score (nSPS) is 15.4. The summed E-state index contributed by atoms with van der Waals surface area (Å²) in [5.41, 5.74) is 6.83. The first-order chi connectivity index (χ1) is 19.4. The largest absolute Gasteiger partial charge is 0.368 e. The number of benzene rings is 2. The van der Waals surface area contributed by atoms with Crippen molar-refractivity contribution in [1.29, 1.82) is 0 Å². The highest BCUT2D eigenvalue weighted by Crippen LogP contribution is 2.31. The highest BCUT2D eigenvalue weighted by molar-refractivity contribution is 7.12.